The molecule has 0 amide bonds. The molecule has 0 heterocycles. The molecule has 1 fully saturated rings. The van der Waals surface area contributed by atoms with E-state index < -0.39 is 0 Å². The van der Waals surface area contributed by atoms with Crippen LogP contribution < -0.4 is 5.32 Å². The molecule has 0 aliphatic heterocycles. The maximum absolute atomic E-state index is 13.2. The summed E-state index contributed by atoms with van der Waals surface area (Å²) in [6.45, 7) is 2.08. The summed E-state index contributed by atoms with van der Waals surface area (Å²) in [5.74, 6) is 0.340. The maximum atomic E-state index is 13.2. The minimum Gasteiger partial charge on any atom is -0.381 e. The molecule has 1 aliphatic rings. The van der Waals surface area contributed by atoms with Gasteiger partial charge in [-0.15, -0.1) is 0 Å². The SMILES string of the molecule is Cc1ccc(NC2CC(c3cccc(F)c3)C2)c(Br)c1. The van der Waals surface area contributed by atoms with E-state index in [4.69, 9.17) is 0 Å². The Hall–Kier alpha value is -1.35. The van der Waals surface area contributed by atoms with Crippen molar-refractivity contribution in [3.63, 3.8) is 0 Å². The fraction of sp³-hybridized carbons (Fsp3) is 0.294. The summed E-state index contributed by atoms with van der Waals surface area (Å²) in [7, 11) is 0. The molecule has 1 N–H and O–H groups in total. The van der Waals surface area contributed by atoms with Crippen LogP contribution in [0.2, 0.25) is 0 Å². The van der Waals surface area contributed by atoms with Crippen LogP contribution in [0.25, 0.3) is 0 Å². The van der Waals surface area contributed by atoms with E-state index in [0.29, 0.717) is 12.0 Å². The van der Waals surface area contributed by atoms with Crippen molar-refractivity contribution in [3.8, 4) is 0 Å². The van der Waals surface area contributed by atoms with Crippen LogP contribution in [0.1, 0.15) is 29.9 Å². The van der Waals surface area contributed by atoms with Crippen LogP contribution in [0, 0.1) is 12.7 Å². The average molecular weight is 334 g/mol. The summed E-state index contributed by atoms with van der Waals surface area (Å²) in [5.41, 5.74) is 3.50. The van der Waals surface area contributed by atoms with Crippen molar-refractivity contribution < 1.29 is 4.39 Å². The van der Waals surface area contributed by atoms with Gasteiger partial charge >= 0.3 is 0 Å². The zero-order valence-corrected chi connectivity index (χ0v) is 13.0. The van der Waals surface area contributed by atoms with Crippen LogP contribution in [-0.4, -0.2) is 6.04 Å². The molecule has 0 aromatic heterocycles. The average Bonchev–Trinajstić information content (AvgIpc) is 2.35. The summed E-state index contributed by atoms with van der Waals surface area (Å²) in [6.07, 6.45) is 2.12. The number of aryl methyl sites for hydroxylation is 1. The summed E-state index contributed by atoms with van der Waals surface area (Å²) in [4.78, 5) is 0. The van der Waals surface area contributed by atoms with Crippen molar-refractivity contribution >= 4 is 21.6 Å². The number of benzene rings is 2. The third kappa shape index (κ3) is 2.88. The van der Waals surface area contributed by atoms with Gasteiger partial charge in [0.25, 0.3) is 0 Å². The maximum Gasteiger partial charge on any atom is 0.123 e. The zero-order chi connectivity index (χ0) is 14.1. The summed E-state index contributed by atoms with van der Waals surface area (Å²) in [6, 6.07) is 13.8. The number of hydrogen-bond donors (Lipinski definition) is 1. The Morgan fingerprint density at radius 2 is 1.95 bits per heavy atom. The summed E-state index contributed by atoms with van der Waals surface area (Å²) < 4.78 is 14.3. The normalized spacial score (nSPS) is 21.4. The van der Waals surface area contributed by atoms with E-state index in [2.05, 4.69) is 46.4 Å². The second kappa shape index (κ2) is 5.57. The third-order valence-corrected chi connectivity index (χ3v) is 4.60. The Morgan fingerprint density at radius 1 is 1.15 bits per heavy atom. The fourth-order valence-corrected chi connectivity index (χ4v) is 3.33. The van der Waals surface area contributed by atoms with Gasteiger partial charge in [0, 0.05) is 16.2 Å². The highest BCUT2D eigenvalue weighted by Gasteiger charge is 2.30. The van der Waals surface area contributed by atoms with Gasteiger partial charge in [-0.1, -0.05) is 18.2 Å². The zero-order valence-electron chi connectivity index (χ0n) is 11.4. The van der Waals surface area contributed by atoms with E-state index in [1.165, 1.54) is 11.6 Å². The van der Waals surface area contributed by atoms with Crippen LogP contribution in [0.15, 0.2) is 46.9 Å². The minimum atomic E-state index is -0.139. The molecule has 2 aromatic rings. The quantitative estimate of drug-likeness (QED) is 0.808. The largest absolute Gasteiger partial charge is 0.381 e. The van der Waals surface area contributed by atoms with Gasteiger partial charge in [-0.05, 0) is 77.0 Å². The highest BCUT2D eigenvalue weighted by molar-refractivity contribution is 9.10. The highest BCUT2D eigenvalue weighted by Crippen LogP contribution is 2.39. The fourth-order valence-electron chi connectivity index (χ4n) is 2.73. The molecule has 0 atom stereocenters. The molecule has 1 saturated carbocycles. The van der Waals surface area contributed by atoms with E-state index in [9.17, 15) is 4.39 Å². The van der Waals surface area contributed by atoms with Crippen molar-refractivity contribution in [1.82, 2.24) is 0 Å². The van der Waals surface area contributed by atoms with Gasteiger partial charge in [-0.2, -0.15) is 0 Å². The molecule has 0 spiro atoms. The van der Waals surface area contributed by atoms with Crippen molar-refractivity contribution in [1.29, 1.82) is 0 Å². The Kier molecular flexibility index (Phi) is 3.79. The van der Waals surface area contributed by atoms with Gasteiger partial charge in [-0.3, -0.25) is 0 Å². The van der Waals surface area contributed by atoms with Crippen LogP contribution in [-0.2, 0) is 0 Å². The van der Waals surface area contributed by atoms with Gasteiger partial charge in [0.15, 0.2) is 0 Å². The van der Waals surface area contributed by atoms with E-state index in [-0.39, 0.29) is 5.82 Å². The Balaban J connectivity index is 1.61. The molecule has 3 rings (SSSR count). The summed E-state index contributed by atoms with van der Waals surface area (Å²) in [5, 5.41) is 3.55. The molecule has 1 aliphatic carbocycles. The highest BCUT2D eigenvalue weighted by atomic mass is 79.9. The molecule has 3 heteroatoms. The van der Waals surface area contributed by atoms with Gasteiger partial charge < -0.3 is 5.32 Å². The van der Waals surface area contributed by atoms with E-state index in [1.54, 1.807) is 12.1 Å². The van der Waals surface area contributed by atoms with Crippen LogP contribution in [0.3, 0.4) is 0 Å². The first kappa shape index (κ1) is 13.6. The van der Waals surface area contributed by atoms with Crippen molar-refractivity contribution in [2.75, 3.05) is 5.32 Å². The molecule has 2 aromatic carbocycles. The molecule has 0 saturated heterocycles. The molecular formula is C17H17BrFN. The Labute approximate surface area is 127 Å². The smallest absolute Gasteiger partial charge is 0.123 e. The molecular weight excluding hydrogens is 317 g/mol. The van der Waals surface area contributed by atoms with Crippen LogP contribution >= 0.6 is 15.9 Å². The van der Waals surface area contributed by atoms with Gasteiger partial charge in [0.05, 0.1) is 0 Å². The molecule has 1 nitrogen and oxygen atoms in total. The summed E-state index contributed by atoms with van der Waals surface area (Å²) >= 11 is 3.59. The predicted molar refractivity (Wildman–Crippen MR) is 84.7 cm³/mol. The standard InChI is InChI=1S/C17H17BrFN/c1-11-5-6-17(16(18)7-11)20-15-9-13(10-15)12-3-2-4-14(19)8-12/h2-8,13,15,20H,9-10H2,1H3. The van der Waals surface area contributed by atoms with Gasteiger partial charge in [0.1, 0.15) is 5.82 Å². The lowest BCUT2D eigenvalue weighted by Crippen LogP contribution is -2.34. The lowest BCUT2D eigenvalue weighted by molar-refractivity contribution is 0.373. The van der Waals surface area contributed by atoms with Crippen molar-refractivity contribution in [3.05, 3.63) is 63.9 Å². The van der Waals surface area contributed by atoms with Crippen molar-refractivity contribution in [2.45, 2.75) is 31.7 Å². The molecule has 104 valence electrons. The predicted octanol–water partition coefficient (Wildman–Crippen LogP) is 5.25. The second-order valence-corrected chi connectivity index (χ2v) is 6.40. The van der Waals surface area contributed by atoms with Crippen molar-refractivity contribution in [2.24, 2.45) is 0 Å². The molecule has 0 radical (unpaired) electrons. The monoisotopic (exact) mass is 333 g/mol. The van der Waals surface area contributed by atoms with Crippen LogP contribution in [0.4, 0.5) is 10.1 Å². The first-order chi connectivity index (χ1) is 9.61. The Bertz CT molecular complexity index is 620. The first-order valence-corrected chi connectivity index (χ1v) is 7.69. The van der Waals surface area contributed by atoms with E-state index in [0.717, 1.165) is 28.6 Å². The molecule has 0 unspecified atom stereocenters. The Morgan fingerprint density at radius 3 is 2.65 bits per heavy atom. The first-order valence-electron chi connectivity index (χ1n) is 6.90. The van der Waals surface area contributed by atoms with Gasteiger partial charge in [0.2, 0.25) is 0 Å². The van der Waals surface area contributed by atoms with Crippen LogP contribution in [0.5, 0.6) is 0 Å². The molecule has 0 bridgehead atoms. The molecule has 20 heavy (non-hydrogen) atoms. The van der Waals surface area contributed by atoms with E-state index >= 15 is 0 Å². The number of rotatable bonds is 3. The lowest BCUT2D eigenvalue weighted by atomic mass is 9.76. The minimum absolute atomic E-state index is 0.139. The number of halogens is 2. The topological polar surface area (TPSA) is 12.0 Å². The third-order valence-electron chi connectivity index (χ3n) is 3.94. The number of anilines is 1. The number of hydrogen-bond acceptors (Lipinski definition) is 1. The van der Waals surface area contributed by atoms with Gasteiger partial charge in [-0.25, -0.2) is 4.39 Å². The number of nitrogens with one attached hydrogen (secondary N) is 1. The van der Waals surface area contributed by atoms with E-state index in [1.807, 2.05) is 6.07 Å². The second-order valence-electron chi connectivity index (χ2n) is 5.55. The lowest BCUT2D eigenvalue weighted by Gasteiger charge is -2.37.